The van der Waals surface area contributed by atoms with E-state index in [1.807, 2.05) is 12.1 Å². The lowest BCUT2D eigenvalue weighted by atomic mass is 9.91. The molecule has 1 aromatic carbocycles. The second-order valence-electron chi connectivity index (χ2n) is 4.65. The molecule has 3 unspecified atom stereocenters. The second kappa shape index (κ2) is 5.18. The first kappa shape index (κ1) is 12.6. The van der Waals surface area contributed by atoms with Crippen molar-refractivity contribution in [3.05, 3.63) is 34.1 Å². The SMILES string of the molecule is CC1C(Br)CCC1Cc1ccc(Br)cc1F. The molecular formula is C13H15Br2F. The Hall–Kier alpha value is 0.110. The first-order valence-corrected chi connectivity index (χ1v) is 7.37. The molecule has 1 saturated carbocycles. The van der Waals surface area contributed by atoms with Gasteiger partial charge in [0, 0.05) is 9.30 Å². The highest BCUT2D eigenvalue weighted by Crippen LogP contribution is 2.38. The zero-order valence-corrected chi connectivity index (χ0v) is 12.4. The summed E-state index contributed by atoms with van der Waals surface area (Å²) in [6.07, 6.45) is 3.28. The Balaban J connectivity index is 2.09. The van der Waals surface area contributed by atoms with Crippen LogP contribution >= 0.6 is 31.9 Å². The van der Waals surface area contributed by atoms with E-state index in [2.05, 4.69) is 38.8 Å². The van der Waals surface area contributed by atoms with Crippen molar-refractivity contribution < 1.29 is 4.39 Å². The molecule has 1 aromatic rings. The lowest BCUT2D eigenvalue weighted by Gasteiger charge is -2.17. The lowest BCUT2D eigenvalue weighted by Crippen LogP contribution is -2.13. The molecule has 0 radical (unpaired) electrons. The third-order valence-electron chi connectivity index (χ3n) is 3.62. The number of alkyl halides is 1. The van der Waals surface area contributed by atoms with Gasteiger partial charge in [-0.1, -0.05) is 44.8 Å². The Labute approximate surface area is 113 Å². The van der Waals surface area contributed by atoms with Gasteiger partial charge in [0.25, 0.3) is 0 Å². The number of hydrogen-bond donors (Lipinski definition) is 0. The van der Waals surface area contributed by atoms with Gasteiger partial charge in [-0.25, -0.2) is 4.39 Å². The van der Waals surface area contributed by atoms with E-state index in [0.717, 1.165) is 16.5 Å². The summed E-state index contributed by atoms with van der Waals surface area (Å²) in [6.45, 7) is 2.26. The topological polar surface area (TPSA) is 0 Å². The van der Waals surface area contributed by atoms with Gasteiger partial charge in [0.2, 0.25) is 0 Å². The van der Waals surface area contributed by atoms with Crippen molar-refractivity contribution in [3.8, 4) is 0 Å². The van der Waals surface area contributed by atoms with E-state index in [1.54, 1.807) is 6.07 Å². The van der Waals surface area contributed by atoms with Crippen molar-refractivity contribution in [1.82, 2.24) is 0 Å². The highest BCUT2D eigenvalue weighted by molar-refractivity contribution is 9.10. The molecule has 88 valence electrons. The molecule has 0 heterocycles. The summed E-state index contributed by atoms with van der Waals surface area (Å²) in [7, 11) is 0. The van der Waals surface area contributed by atoms with Gasteiger partial charge in [-0.05, 0) is 48.8 Å². The summed E-state index contributed by atoms with van der Waals surface area (Å²) in [5.74, 6) is 1.17. The first-order valence-electron chi connectivity index (χ1n) is 5.66. The van der Waals surface area contributed by atoms with E-state index in [-0.39, 0.29) is 5.82 Å². The van der Waals surface area contributed by atoms with Gasteiger partial charge in [0.1, 0.15) is 5.82 Å². The normalized spacial score (nSPS) is 29.6. The van der Waals surface area contributed by atoms with Crippen LogP contribution in [0.5, 0.6) is 0 Å². The Morgan fingerprint density at radius 2 is 2.12 bits per heavy atom. The monoisotopic (exact) mass is 348 g/mol. The minimum Gasteiger partial charge on any atom is -0.207 e. The standard InChI is InChI=1S/C13H15Br2F/c1-8-9(3-5-12(8)15)6-10-2-4-11(14)7-13(10)16/h2,4,7-9,12H,3,5-6H2,1H3. The van der Waals surface area contributed by atoms with Crippen LogP contribution in [0.3, 0.4) is 0 Å². The molecule has 3 heteroatoms. The summed E-state index contributed by atoms with van der Waals surface area (Å²) in [5, 5.41) is 0. The summed E-state index contributed by atoms with van der Waals surface area (Å²) in [6, 6.07) is 5.37. The fraction of sp³-hybridized carbons (Fsp3) is 0.538. The summed E-state index contributed by atoms with van der Waals surface area (Å²) >= 11 is 6.97. The van der Waals surface area contributed by atoms with Crippen molar-refractivity contribution >= 4 is 31.9 Å². The molecule has 0 aromatic heterocycles. The lowest BCUT2D eigenvalue weighted by molar-refractivity contribution is 0.416. The first-order chi connectivity index (χ1) is 7.58. The fourth-order valence-electron chi connectivity index (χ4n) is 2.45. The molecule has 0 aliphatic heterocycles. The van der Waals surface area contributed by atoms with E-state index < -0.39 is 0 Å². The number of hydrogen-bond acceptors (Lipinski definition) is 0. The van der Waals surface area contributed by atoms with E-state index in [1.165, 1.54) is 12.8 Å². The maximum atomic E-state index is 13.7. The quantitative estimate of drug-likeness (QED) is 0.663. The molecular weight excluding hydrogens is 335 g/mol. The van der Waals surface area contributed by atoms with Crippen LogP contribution in [0, 0.1) is 17.7 Å². The zero-order chi connectivity index (χ0) is 11.7. The van der Waals surface area contributed by atoms with Gasteiger partial charge >= 0.3 is 0 Å². The molecule has 0 spiro atoms. The number of rotatable bonds is 2. The summed E-state index contributed by atoms with van der Waals surface area (Å²) in [5.41, 5.74) is 0.849. The van der Waals surface area contributed by atoms with Gasteiger partial charge in [0.05, 0.1) is 0 Å². The molecule has 0 amide bonds. The van der Waals surface area contributed by atoms with Gasteiger partial charge < -0.3 is 0 Å². The largest absolute Gasteiger partial charge is 0.207 e. The van der Waals surface area contributed by atoms with Gasteiger partial charge in [0.15, 0.2) is 0 Å². The smallest absolute Gasteiger partial charge is 0.127 e. The average Bonchev–Trinajstić information content (AvgIpc) is 2.54. The van der Waals surface area contributed by atoms with Gasteiger partial charge in [-0.2, -0.15) is 0 Å². The van der Waals surface area contributed by atoms with Crippen LogP contribution in [0.2, 0.25) is 0 Å². The number of halogens is 3. The zero-order valence-electron chi connectivity index (χ0n) is 9.22. The third-order valence-corrected chi connectivity index (χ3v) is 5.41. The van der Waals surface area contributed by atoms with Crippen LogP contribution in [0.4, 0.5) is 4.39 Å². The van der Waals surface area contributed by atoms with Gasteiger partial charge in [-0.3, -0.25) is 0 Å². The molecule has 1 aliphatic carbocycles. The van der Waals surface area contributed by atoms with Crippen LogP contribution in [-0.2, 0) is 6.42 Å². The summed E-state index contributed by atoms with van der Waals surface area (Å²) in [4.78, 5) is 0.607. The van der Waals surface area contributed by atoms with E-state index >= 15 is 0 Å². The fourth-order valence-corrected chi connectivity index (χ4v) is 3.48. The molecule has 0 saturated heterocycles. The Bertz CT molecular complexity index is 378. The van der Waals surface area contributed by atoms with E-state index in [4.69, 9.17) is 0 Å². The second-order valence-corrected chi connectivity index (χ2v) is 6.74. The van der Waals surface area contributed by atoms with Crippen molar-refractivity contribution in [2.75, 3.05) is 0 Å². The van der Waals surface area contributed by atoms with Gasteiger partial charge in [-0.15, -0.1) is 0 Å². The highest BCUT2D eigenvalue weighted by atomic mass is 79.9. The predicted octanol–water partition coefficient (Wildman–Crippen LogP) is 4.94. The molecule has 0 nitrogen and oxygen atoms in total. The van der Waals surface area contributed by atoms with Crippen molar-refractivity contribution in [2.24, 2.45) is 11.8 Å². The summed E-state index contributed by atoms with van der Waals surface area (Å²) < 4.78 is 14.5. The molecule has 0 bridgehead atoms. The van der Waals surface area contributed by atoms with Crippen LogP contribution < -0.4 is 0 Å². The average molecular weight is 350 g/mol. The maximum absolute atomic E-state index is 13.7. The minimum atomic E-state index is -0.0837. The van der Waals surface area contributed by atoms with Crippen LogP contribution in [-0.4, -0.2) is 4.83 Å². The highest BCUT2D eigenvalue weighted by Gasteiger charge is 2.31. The van der Waals surface area contributed by atoms with Crippen molar-refractivity contribution in [1.29, 1.82) is 0 Å². The molecule has 3 atom stereocenters. The molecule has 0 N–H and O–H groups in total. The molecule has 2 rings (SSSR count). The molecule has 1 aliphatic rings. The molecule has 1 fully saturated rings. The Morgan fingerprint density at radius 1 is 1.38 bits per heavy atom. The Kier molecular flexibility index (Phi) is 4.06. The van der Waals surface area contributed by atoms with Crippen molar-refractivity contribution in [3.63, 3.8) is 0 Å². The van der Waals surface area contributed by atoms with Crippen molar-refractivity contribution in [2.45, 2.75) is 31.0 Å². The predicted molar refractivity (Wildman–Crippen MR) is 72.4 cm³/mol. The van der Waals surface area contributed by atoms with Crippen LogP contribution in [0.15, 0.2) is 22.7 Å². The van der Waals surface area contributed by atoms with Crippen LogP contribution in [0.1, 0.15) is 25.3 Å². The Morgan fingerprint density at radius 3 is 2.69 bits per heavy atom. The van der Waals surface area contributed by atoms with Crippen LogP contribution in [0.25, 0.3) is 0 Å². The molecule has 16 heavy (non-hydrogen) atoms. The van der Waals surface area contributed by atoms with E-state index in [0.29, 0.717) is 16.7 Å². The van der Waals surface area contributed by atoms with E-state index in [9.17, 15) is 4.39 Å². The third kappa shape index (κ3) is 2.67. The maximum Gasteiger partial charge on any atom is 0.127 e. The minimum absolute atomic E-state index is 0.0837. The number of benzene rings is 1.